The number of nitrogens with one attached hydrogen (secondary N) is 1. The van der Waals surface area contributed by atoms with Gasteiger partial charge in [0.1, 0.15) is 0 Å². The zero-order chi connectivity index (χ0) is 8.81. The third-order valence-corrected chi connectivity index (χ3v) is 3.18. The van der Waals surface area contributed by atoms with Gasteiger partial charge in [-0.1, -0.05) is 13.3 Å². The Morgan fingerprint density at radius 1 is 1.23 bits per heavy atom. The lowest BCUT2D eigenvalue weighted by atomic mass is 10.0. The van der Waals surface area contributed by atoms with Crippen LogP contribution in [0.15, 0.2) is 0 Å². The van der Waals surface area contributed by atoms with Crippen molar-refractivity contribution in [3.05, 3.63) is 0 Å². The minimum atomic E-state index is 0. The summed E-state index contributed by atoms with van der Waals surface area (Å²) in [5, 5.41) is 0. The van der Waals surface area contributed by atoms with Crippen molar-refractivity contribution in [3.63, 3.8) is 0 Å². The molecule has 1 rings (SSSR count). The predicted molar refractivity (Wildman–Crippen MR) is 53.5 cm³/mol. The van der Waals surface area contributed by atoms with Gasteiger partial charge < -0.3 is 9.60 Å². The van der Waals surface area contributed by atoms with Crippen molar-refractivity contribution in [1.29, 1.82) is 0 Å². The van der Waals surface area contributed by atoms with Crippen molar-refractivity contribution < 1.29 is 9.60 Å². The maximum Gasteiger partial charge on any atom is 0.0846 e. The molecule has 0 aliphatic carbocycles. The van der Waals surface area contributed by atoms with Crippen molar-refractivity contribution in [1.82, 2.24) is 0 Å². The second kappa shape index (κ2) is 7.31. The smallest absolute Gasteiger partial charge is 0.0846 e. The van der Waals surface area contributed by atoms with Crippen molar-refractivity contribution in [2.45, 2.75) is 58.4 Å². The van der Waals surface area contributed by atoms with E-state index in [0.29, 0.717) is 0 Å². The molecule has 1 saturated heterocycles. The van der Waals surface area contributed by atoms with Gasteiger partial charge in [-0.15, -0.1) is 0 Å². The van der Waals surface area contributed by atoms with Crippen LogP contribution in [0.2, 0.25) is 0 Å². The van der Waals surface area contributed by atoms with Gasteiger partial charge in [0.15, 0.2) is 0 Å². The van der Waals surface area contributed by atoms with Crippen LogP contribution in [0.4, 0.5) is 0 Å². The van der Waals surface area contributed by atoms with Crippen LogP contribution in [0.3, 0.4) is 0 Å². The van der Waals surface area contributed by atoms with Crippen LogP contribution in [-0.4, -0.2) is 19.1 Å². The first-order chi connectivity index (χ1) is 5.84. The van der Waals surface area contributed by atoms with Crippen LogP contribution in [0.1, 0.15) is 52.4 Å². The van der Waals surface area contributed by atoms with E-state index in [-0.39, 0.29) is 4.70 Å². The van der Waals surface area contributed by atoms with E-state index < -0.39 is 0 Å². The quantitative estimate of drug-likeness (QED) is 0.521. The number of likely N-dealkylation sites (tertiary alicyclic amines) is 1. The molecule has 1 aliphatic rings. The molecule has 80 valence electrons. The standard InChI is InChI=1S/C11H23N.FH/c1-3-4-6-9-12-10-7-5-8-11(12)2;/h11H,3-10H2,1-2H3;1H. The third-order valence-electron chi connectivity index (χ3n) is 3.18. The number of rotatable bonds is 4. The summed E-state index contributed by atoms with van der Waals surface area (Å²) >= 11 is 0. The van der Waals surface area contributed by atoms with Gasteiger partial charge in [-0.05, 0) is 39.0 Å². The summed E-state index contributed by atoms with van der Waals surface area (Å²) in [5.41, 5.74) is 0. The van der Waals surface area contributed by atoms with Gasteiger partial charge in [-0.2, -0.15) is 0 Å². The van der Waals surface area contributed by atoms with Crippen molar-refractivity contribution in [3.8, 4) is 0 Å². The molecular formula is C11H24FN. The highest BCUT2D eigenvalue weighted by Crippen LogP contribution is 2.02. The molecule has 1 N–H and O–H groups in total. The Morgan fingerprint density at radius 2 is 2.00 bits per heavy atom. The second-order valence-corrected chi connectivity index (χ2v) is 4.26. The van der Waals surface area contributed by atoms with Crippen molar-refractivity contribution in [2.75, 3.05) is 13.1 Å². The van der Waals surface area contributed by atoms with Gasteiger partial charge in [0, 0.05) is 0 Å². The summed E-state index contributed by atoms with van der Waals surface area (Å²) in [6.07, 6.45) is 8.62. The average molecular weight is 189 g/mol. The lowest BCUT2D eigenvalue weighted by molar-refractivity contribution is -0.928. The molecule has 0 aromatic heterocycles. The maximum atomic E-state index is 2.42. The molecule has 13 heavy (non-hydrogen) atoms. The number of piperidine rings is 1. The van der Waals surface area contributed by atoms with Gasteiger partial charge in [-0.25, -0.2) is 0 Å². The van der Waals surface area contributed by atoms with E-state index in [4.69, 9.17) is 0 Å². The van der Waals surface area contributed by atoms with Gasteiger partial charge in [0.25, 0.3) is 0 Å². The number of quaternary nitrogens is 1. The lowest BCUT2D eigenvalue weighted by Gasteiger charge is -2.30. The van der Waals surface area contributed by atoms with Gasteiger partial charge in [-0.3, -0.25) is 0 Å². The van der Waals surface area contributed by atoms with Gasteiger partial charge in [0.2, 0.25) is 0 Å². The fourth-order valence-electron chi connectivity index (χ4n) is 2.23. The molecule has 0 aromatic carbocycles. The fraction of sp³-hybridized carbons (Fsp3) is 1.00. The Kier molecular flexibility index (Phi) is 7.25. The SMILES string of the molecule is CCCCC[NH+]1CCCCC1C.[F-]. The molecule has 1 heterocycles. The van der Waals surface area contributed by atoms with Crippen LogP contribution >= 0.6 is 0 Å². The minimum absolute atomic E-state index is 0. The molecule has 2 unspecified atom stereocenters. The molecule has 0 spiro atoms. The molecule has 0 aromatic rings. The van der Waals surface area contributed by atoms with Crippen LogP contribution < -0.4 is 9.60 Å². The fourth-order valence-corrected chi connectivity index (χ4v) is 2.23. The third kappa shape index (κ3) is 4.61. The topological polar surface area (TPSA) is 4.44 Å². The van der Waals surface area contributed by atoms with Crippen molar-refractivity contribution in [2.24, 2.45) is 0 Å². The molecule has 2 heteroatoms. The van der Waals surface area contributed by atoms with E-state index in [1.807, 2.05) is 4.90 Å². The maximum absolute atomic E-state index is 2.42. The Morgan fingerprint density at radius 3 is 2.62 bits per heavy atom. The summed E-state index contributed by atoms with van der Waals surface area (Å²) in [7, 11) is 0. The first-order valence-corrected chi connectivity index (χ1v) is 5.69. The molecule has 0 amide bonds. The van der Waals surface area contributed by atoms with E-state index in [1.54, 1.807) is 0 Å². The summed E-state index contributed by atoms with van der Waals surface area (Å²) in [6, 6.07) is 0.940. The Labute approximate surface area is 81.9 Å². The highest BCUT2D eigenvalue weighted by molar-refractivity contribution is 4.55. The molecule has 0 saturated carbocycles. The van der Waals surface area contributed by atoms with Crippen molar-refractivity contribution >= 4 is 0 Å². The zero-order valence-electron chi connectivity index (χ0n) is 9.11. The summed E-state index contributed by atoms with van der Waals surface area (Å²) in [6.45, 7) is 7.56. The predicted octanol–water partition coefficient (Wildman–Crippen LogP) is -1.36. The highest BCUT2D eigenvalue weighted by atomic mass is 19.0. The number of unbranched alkanes of at least 4 members (excludes halogenated alkanes) is 2. The first kappa shape index (κ1) is 12.9. The average Bonchev–Trinajstić information content (AvgIpc) is 2.09. The normalized spacial score (nSPS) is 28.2. The minimum Gasteiger partial charge on any atom is -1.00 e. The Bertz CT molecular complexity index is 117. The molecule has 1 aliphatic heterocycles. The molecule has 1 nitrogen and oxygen atoms in total. The van der Waals surface area contributed by atoms with Crippen LogP contribution in [0, 0.1) is 0 Å². The monoisotopic (exact) mass is 189 g/mol. The molecule has 1 fully saturated rings. The number of hydrogen-bond donors (Lipinski definition) is 1. The molecule has 0 bridgehead atoms. The highest BCUT2D eigenvalue weighted by Gasteiger charge is 2.20. The van der Waals surface area contributed by atoms with Crippen LogP contribution in [0.25, 0.3) is 0 Å². The molecular weight excluding hydrogens is 165 g/mol. The number of hydrogen-bond acceptors (Lipinski definition) is 0. The van der Waals surface area contributed by atoms with Crippen LogP contribution in [0.5, 0.6) is 0 Å². The van der Waals surface area contributed by atoms with Gasteiger partial charge in [0.05, 0.1) is 19.1 Å². The van der Waals surface area contributed by atoms with E-state index in [1.165, 1.54) is 51.6 Å². The largest absolute Gasteiger partial charge is 1.00 e. The van der Waals surface area contributed by atoms with Gasteiger partial charge >= 0.3 is 0 Å². The van der Waals surface area contributed by atoms with E-state index >= 15 is 0 Å². The Balaban J connectivity index is 0.00000144. The zero-order valence-corrected chi connectivity index (χ0v) is 9.11. The Hall–Kier alpha value is -0.110. The number of halogens is 1. The molecule has 0 radical (unpaired) electrons. The summed E-state index contributed by atoms with van der Waals surface area (Å²) in [4.78, 5) is 1.87. The second-order valence-electron chi connectivity index (χ2n) is 4.26. The van der Waals surface area contributed by atoms with Crippen LogP contribution in [-0.2, 0) is 0 Å². The van der Waals surface area contributed by atoms with E-state index in [0.717, 1.165) is 6.04 Å². The summed E-state index contributed by atoms with van der Waals surface area (Å²) in [5.74, 6) is 0. The summed E-state index contributed by atoms with van der Waals surface area (Å²) < 4.78 is 0. The molecule has 2 atom stereocenters. The first-order valence-electron chi connectivity index (χ1n) is 5.69. The van der Waals surface area contributed by atoms with E-state index in [2.05, 4.69) is 13.8 Å². The lowest BCUT2D eigenvalue weighted by Crippen LogP contribution is -3.16. The van der Waals surface area contributed by atoms with E-state index in [9.17, 15) is 0 Å².